The Labute approximate surface area is 176 Å². The summed E-state index contributed by atoms with van der Waals surface area (Å²) < 4.78 is 7.12. The zero-order valence-corrected chi connectivity index (χ0v) is 17.3. The van der Waals surface area contributed by atoms with Crippen LogP contribution in [0.5, 0.6) is 5.88 Å². The minimum absolute atomic E-state index is 0.00432. The molecule has 1 aromatic carbocycles. The molecule has 8 heteroatoms. The number of carbonyl (C=O) groups excluding carboxylic acids is 1. The van der Waals surface area contributed by atoms with Gasteiger partial charge < -0.3 is 9.64 Å². The zero-order valence-electron chi connectivity index (χ0n) is 15.7. The van der Waals surface area contributed by atoms with E-state index in [2.05, 4.69) is 31.1 Å². The molecule has 3 aromatic rings. The molecule has 3 aliphatic rings. The maximum atomic E-state index is 13.5. The predicted octanol–water partition coefficient (Wildman–Crippen LogP) is 3.50. The number of hydrogen-bond acceptors (Lipinski definition) is 5. The first-order valence-electron chi connectivity index (χ1n) is 9.74. The molecule has 2 aromatic heterocycles. The summed E-state index contributed by atoms with van der Waals surface area (Å²) in [6.45, 7) is 0.762. The molecule has 3 unspecified atom stereocenters. The van der Waals surface area contributed by atoms with E-state index >= 15 is 0 Å². The van der Waals surface area contributed by atoms with Crippen LogP contribution in [0.4, 0.5) is 0 Å². The largest absolute Gasteiger partial charge is 0.472 e. The Bertz CT molecular complexity index is 1010. The normalized spacial score (nSPS) is 23.2. The third kappa shape index (κ3) is 3.53. The number of piperidine rings is 2. The van der Waals surface area contributed by atoms with Crippen LogP contribution >= 0.6 is 15.9 Å². The minimum Gasteiger partial charge on any atom is -0.472 e. The van der Waals surface area contributed by atoms with Gasteiger partial charge in [-0.2, -0.15) is 15.0 Å². The highest BCUT2D eigenvalue weighted by atomic mass is 79.9. The van der Waals surface area contributed by atoms with Gasteiger partial charge >= 0.3 is 0 Å². The van der Waals surface area contributed by atoms with Gasteiger partial charge in [0.15, 0.2) is 0 Å². The van der Waals surface area contributed by atoms with Gasteiger partial charge in [-0.3, -0.25) is 4.79 Å². The van der Waals surface area contributed by atoms with E-state index in [1.807, 2.05) is 41.3 Å². The number of rotatable bonds is 4. The number of hydrogen-bond donors (Lipinski definition) is 0. The van der Waals surface area contributed by atoms with Crippen molar-refractivity contribution < 1.29 is 9.53 Å². The number of para-hydroxylation sites is 1. The van der Waals surface area contributed by atoms with Crippen LogP contribution in [0.2, 0.25) is 0 Å². The first kappa shape index (κ1) is 18.3. The maximum absolute atomic E-state index is 13.5. The summed E-state index contributed by atoms with van der Waals surface area (Å²) in [5.74, 6) is 1.04. The summed E-state index contributed by atoms with van der Waals surface area (Å²) in [5.41, 5.74) is 1.30. The van der Waals surface area contributed by atoms with Gasteiger partial charge in [-0.1, -0.05) is 12.1 Å². The molecule has 1 aliphatic carbocycles. The Morgan fingerprint density at radius 3 is 2.69 bits per heavy atom. The first-order valence-corrected chi connectivity index (χ1v) is 10.5. The summed E-state index contributed by atoms with van der Waals surface area (Å²) >= 11 is 3.40. The highest BCUT2D eigenvalue weighted by Crippen LogP contribution is 2.38. The van der Waals surface area contributed by atoms with Gasteiger partial charge in [-0.25, -0.2) is 4.98 Å². The highest BCUT2D eigenvalue weighted by Gasteiger charge is 2.44. The Hall–Kier alpha value is -2.74. The molecule has 3 fully saturated rings. The Morgan fingerprint density at radius 1 is 1.10 bits per heavy atom. The van der Waals surface area contributed by atoms with Gasteiger partial charge in [0.1, 0.15) is 6.10 Å². The standard InChI is InChI=1S/C21H20BrN5O2/c22-15-6-8-20(23-12-15)29-19-11-14-5-7-18(19)26(13-14)21(28)16-3-1-2-4-17(16)27-24-9-10-25-27/h1-4,6,8-10,12,14,18-19H,5,7,11,13H2. The second-order valence-corrected chi connectivity index (χ2v) is 8.43. The number of carbonyl (C=O) groups is 1. The van der Waals surface area contributed by atoms with Crippen molar-refractivity contribution in [2.24, 2.45) is 5.92 Å². The molecule has 3 atom stereocenters. The van der Waals surface area contributed by atoms with Gasteiger partial charge in [-0.15, -0.1) is 0 Å². The van der Waals surface area contributed by atoms with E-state index < -0.39 is 0 Å². The van der Waals surface area contributed by atoms with Crippen LogP contribution in [0.3, 0.4) is 0 Å². The molecule has 29 heavy (non-hydrogen) atoms. The van der Waals surface area contributed by atoms with Crippen molar-refractivity contribution in [2.45, 2.75) is 31.4 Å². The van der Waals surface area contributed by atoms with Crippen molar-refractivity contribution in [1.29, 1.82) is 0 Å². The molecule has 7 nitrogen and oxygen atoms in total. The summed E-state index contributed by atoms with van der Waals surface area (Å²) in [7, 11) is 0. The van der Waals surface area contributed by atoms with Gasteiger partial charge in [-0.05, 0) is 59.3 Å². The molecule has 1 amide bonds. The molecular formula is C21H20BrN5O2. The molecule has 148 valence electrons. The lowest BCUT2D eigenvalue weighted by Crippen LogP contribution is -2.59. The summed E-state index contributed by atoms with van der Waals surface area (Å²) in [6, 6.07) is 11.3. The number of ether oxygens (including phenoxy) is 1. The van der Waals surface area contributed by atoms with E-state index in [0.717, 1.165) is 30.3 Å². The van der Waals surface area contributed by atoms with Crippen molar-refractivity contribution in [3.63, 3.8) is 0 Å². The molecule has 2 aliphatic heterocycles. The first-order chi connectivity index (χ1) is 14.2. The van der Waals surface area contributed by atoms with Gasteiger partial charge in [0.05, 0.1) is 29.7 Å². The minimum atomic E-state index is -0.0462. The molecule has 2 saturated heterocycles. The molecule has 0 radical (unpaired) electrons. The molecule has 0 spiro atoms. The Morgan fingerprint density at radius 2 is 1.93 bits per heavy atom. The van der Waals surface area contributed by atoms with Crippen LogP contribution in [0.25, 0.3) is 5.69 Å². The number of fused-ring (bicyclic) bond motifs is 3. The Balaban J connectivity index is 1.41. The highest BCUT2D eigenvalue weighted by molar-refractivity contribution is 9.10. The van der Waals surface area contributed by atoms with Crippen LogP contribution in [0.1, 0.15) is 29.6 Å². The number of aromatic nitrogens is 4. The van der Waals surface area contributed by atoms with E-state index in [1.54, 1.807) is 18.6 Å². The fourth-order valence-electron chi connectivity index (χ4n) is 4.40. The topological polar surface area (TPSA) is 73.1 Å². The van der Waals surface area contributed by atoms with E-state index in [9.17, 15) is 4.79 Å². The van der Waals surface area contributed by atoms with E-state index in [-0.39, 0.29) is 18.1 Å². The van der Waals surface area contributed by atoms with Crippen LogP contribution in [-0.4, -0.2) is 49.5 Å². The third-order valence-corrected chi connectivity index (χ3v) is 6.19. The van der Waals surface area contributed by atoms with Crippen molar-refractivity contribution in [2.75, 3.05) is 6.54 Å². The molecule has 1 saturated carbocycles. The second-order valence-electron chi connectivity index (χ2n) is 7.51. The Kier molecular flexibility index (Phi) is 4.79. The third-order valence-electron chi connectivity index (χ3n) is 5.72. The number of pyridine rings is 1. The fourth-order valence-corrected chi connectivity index (χ4v) is 4.64. The summed E-state index contributed by atoms with van der Waals surface area (Å²) in [4.78, 5) is 21.3. The van der Waals surface area contributed by atoms with Crippen LogP contribution in [0, 0.1) is 5.92 Å². The van der Waals surface area contributed by atoms with Crippen molar-refractivity contribution in [3.8, 4) is 11.6 Å². The zero-order chi connectivity index (χ0) is 19.8. The monoisotopic (exact) mass is 453 g/mol. The van der Waals surface area contributed by atoms with E-state index in [4.69, 9.17) is 4.74 Å². The average Bonchev–Trinajstić information content (AvgIpc) is 3.30. The lowest BCUT2D eigenvalue weighted by molar-refractivity contribution is -0.0313. The average molecular weight is 454 g/mol. The van der Waals surface area contributed by atoms with Gasteiger partial charge in [0, 0.05) is 23.3 Å². The van der Waals surface area contributed by atoms with E-state index in [1.165, 1.54) is 4.80 Å². The number of benzene rings is 1. The van der Waals surface area contributed by atoms with Gasteiger partial charge in [0.2, 0.25) is 5.88 Å². The van der Waals surface area contributed by atoms with Gasteiger partial charge in [0.25, 0.3) is 5.91 Å². The smallest absolute Gasteiger partial charge is 0.256 e. The summed E-state index contributed by atoms with van der Waals surface area (Å²) in [5, 5.41) is 8.40. The second kappa shape index (κ2) is 7.59. The molecule has 4 heterocycles. The lowest BCUT2D eigenvalue weighted by Gasteiger charge is -2.49. The van der Waals surface area contributed by atoms with Crippen molar-refractivity contribution in [3.05, 3.63) is 65.0 Å². The predicted molar refractivity (Wildman–Crippen MR) is 110 cm³/mol. The van der Waals surface area contributed by atoms with Crippen LogP contribution in [0.15, 0.2) is 59.5 Å². The molecular weight excluding hydrogens is 434 g/mol. The summed E-state index contributed by atoms with van der Waals surface area (Å²) in [6.07, 6.45) is 7.93. The fraction of sp³-hybridized carbons (Fsp3) is 0.333. The maximum Gasteiger partial charge on any atom is 0.256 e. The SMILES string of the molecule is O=C(c1ccccc1-n1nccn1)N1CC2CCC1C(Oc1ccc(Br)cn1)C2. The van der Waals surface area contributed by atoms with E-state index in [0.29, 0.717) is 23.0 Å². The van der Waals surface area contributed by atoms with Crippen molar-refractivity contribution >= 4 is 21.8 Å². The molecule has 2 bridgehead atoms. The quantitative estimate of drug-likeness (QED) is 0.604. The lowest BCUT2D eigenvalue weighted by atomic mass is 9.77. The van der Waals surface area contributed by atoms with Crippen molar-refractivity contribution in [1.82, 2.24) is 24.9 Å². The molecule has 6 rings (SSSR count). The van der Waals surface area contributed by atoms with Crippen LogP contribution < -0.4 is 4.74 Å². The number of amides is 1. The number of halogens is 1. The number of nitrogens with zero attached hydrogens (tertiary/aromatic N) is 5. The molecule has 0 N–H and O–H groups in total. The van der Waals surface area contributed by atoms with Crippen LogP contribution in [-0.2, 0) is 0 Å².